The molecule has 1 aliphatic heterocycles. The molecule has 5 nitrogen and oxygen atoms in total. The molecule has 1 saturated heterocycles. The molecule has 1 amide bonds. The molecule has 2 heterocycles. The fourth-order valence-electron chi connectivity index (χ4n) is 3.46. The molecule has 3 rings (SSSR count). The first-order valence-electron chi connectivity index (χ1n) is 9.43. The quantitative estimate of drug-likeness (QED) is 0.694. The molecular weight excluding hydrogens is 392 g/mol. The maximum Gasteiger partial charge on any atom is 0.251 e. The van der Waals surface area contributed by atoms with Crippen molar-refractivity contribution >= 4 is 21.8 Å². The van der Waals surface area contributed by atoms with Crippen molar-refractivity contribution in [2.24, 2.45) is 5.92 Å². The van der Waals surface area contributed by atoms with Gasteiger partial charge < -0.3 is 10.2 Å². The van der Waals surface area contributed by atoms with Gasteiger partial charge in [-0.05, 0) is 84.9 Å². The molecule has 0 aliphatic carbocycles. The molecule has 0 saturated carbocycles. The Labute approximate surface area is 163 Å². The first-order chi connectivity index (χ1) is 12.6. The van der Waals surface area contributed by atoms with E-state index in [0.717, 1.165) is 42.0 Å². The summed E-state index contributed by atoms with van der Waals surface area (Å²) < 4.78 is 2.70. The average molecular weight is 419 g/mol. The second kappa shape index (κ2) is 9.33. The number of unbranched alkanes of at least 4 members (excludes halogenated alkanes) is 1. The van der Waals surface area contributed by atoms with E-state index >= 15 is 0 Å². The number of nitrogens with one attached hydrogen (secondary N) is 1. The van der Waals surface area contributed by atoms with Crippen LogP contribution in [0.2, 0.25) is 0 Å². The highest BCUT2D eigenvalue weighted by molar-refractivity contribution is 9.10. The smallest absolute Gasteiger partial charge is 0.251 e. The summed E-state index contributed by atoms with van der Waals surface area (Å²) in [5.41, 5.74) is 1.62. The minimum Gasteiger partial charge on any atom is -0.352 e. The Bertz CT molecular complexity index is 713. The normalized spacial score (nSPS) is 18.0. The molecule has 26 heavy (non-hydrogen) atoms. The maximum atomic E-state index is 12.3. The third-order valence-electron chi connectivity index (χ3n) is 4.87. The van der Waals surface area contributed by atoms with Crippen LogP contribution < -0.4 is 5.32 Å². The van der Waals surface area contributed by atoms with E-state index in [1.807, 2.05) is 30.5 Å². The summed E-state index contributed by atoms with van der Waals surface area (Å²) >= 11 is 3.39. The lowest BCUT2D eigenvalue weighted by Gasteiger charge is -2.30. The van der Waals surface area contributed by atoms with E-state index in [0.29, 0.717) is 5.56 Å². The van der Waals surface area contributed by atoms with Crippen molar-refractivity contribution in [2.75, 3.05) is 26.2 Å². The minimum atomic E-state index is -0.00945. The summed E-state index contributed by atoms with van der Waals surface area (Å²) in [4.78, 5) is 14.8. The van der Waals surface area contributed by atoms with Crippen LogP contribution in [0.15, 0.2) is 41.1 Å². The van der Waals surface area contributed by atoms with Crippen molar-refractivity contribution in [3.63, 3.8) is 0 Å². The molecule has 1 aliphatic rings. The number of aromatic nitrogens is 2. The van der Waals surface area contributed by atoms with Gasteiger partial charge in [-0.15, -0.1) is 0 Å². The molecular formula is C20H27BrN4O. The van der Waals surface area contributed by atoms with Gasteiger partial charge in [-0.3, -0.25) is 4.79 Å². The lowest BCUT2D eigenvalue weighted by molar-refractivity contribution is 0.0952. The number of halogens is 1. The second-order valence-electron chi connectivity index (χ2n) is 7.16. The second-order valence-corrected chi connectivity index (χ2v) is 8.08. The summed E-state index contributed by atoms with van der Waals surface area (Å²) in [6, 6.07) is 7.50. The van der Waals surface area contributed by atoms with Crippen molar-refractivity contribution in [1.29, 1.82) is 0 Å². The molecule has 1 N–H and O–H groups in total. The fraction of sp³-hybridized carbons (Fsp3) is 0.500. The van der Waals surface area contributed by atoms with Crippen molar-refractivity contribution in [1.82, 2.24) is 20.0 Å². The Balaban J connectivity index is 1.38. The number of likely N-dealkylation sites (tertiary alicyclic amines) is 1. The van der Waals surface area contributed by atoms with Gasteiger partial charge in [-0.2, -0.15) is 5.10 Å². The average Bonchev–Trinajstić information content (AvgIpc) is 3.08. The number of hydrogen-bond donors (Lipinski definition) is 1. The summed E-state index contributed by atoms with van der Waals surface area (Å²) in [7, 11) is 0. The van der Waals surface area contributed by atoms with Crippen LogP contribution >= 0.6 is 15.9 Å². The minimum absolute atomic E-state index is 0.00945. The van der Waals surface area contributed by atoms with Crippen LogP contribution in [0.1, 0.15) is 43.0 Å². The highest BCUT2D eigenvalue weighted by Gasteiger charge is 2.15. The lowest BCUT2D eigenvalue weighted by Crippen LogP contribution is -2.35. The van der Waals surface area contributed by atoms with Crippen LogP contribution in [0.3, 0.4) is 0 Å². The molecule has 1 unspecified atom stereocenters. The van der Waals surface area contributed by atoms with E-state index in [4.69, 9.17) is 0 Å². The van der Waals surface area contributed by atoms with Crippen molar-refractivity contribution in [2.45, 2.75) is 32.6 Å². The van der Waals surface area contributed by atoms with Crippen molar-refractivity contribution in [3.8, 4) is 5.69 Å². The van der Waals surface area contributed by atoms with Crippen LogP contribution in [0.25, 0.3) is 5.69 Å². The van der Waals surface area contributed by atoms with E-state index < -0.39 is 0 Å². The zero-order valence-corrected chi connectivity index (χ0v) is 16.9. The molecule has 2 aromatic rings. The van der Waals surface area contributed by atoms with Crippen molar-refractivity contribution in [3.05, 3.63) is 46.7 Å². The number of nitrogens with zero attached hydrogens (tertiary/aromatic N) is 3. The van der Waals surface area contributed by atoms with Crippen LogP contribution in [0.4, 0.5) is 0 Å². The molecule has 1 aromatic carbocycles. The predicted octanol–water partition coefficient (Wildman–Crippen LogP) is 3.88. The van der Waals surface area contributed by atoms with Crippen LogP contribution in [-0.2, 0) is 0 Å². The van der Waals surface area contributed by atoms with E-state index in [1.54, 1.807) is 10.9 Å². The Morgan fingerprint density at radius 1 is 1.31 bits per heavy atom. The third-order valence-corrected chi connectivity index (χ3v) is 5.28. The number of amides is 1. The third kappa shape index (κ3) is 5.42. The number of benzene rings is 1. The van der Waals surface area contributed by atoms with Gasteiger partial charge in [0.15, 0.2) is 0 Å². The number of carbonyl (C=O) groups excluding carboxylic acids is 1. The highest BCUT2D eigenvalue weighted by Crippen LogP contribution is 2.16. The zero-order valence-electron chi connectivity index (χ0n) is 15.3. The molecule has 140 valence electrons. The molecule has 0 spiro atoms. The molecule has 6 heteroatoms. The first-order valence-corrected chi connectivity index (χ1v) is 10.2. The summed E-state index contributed by atoms with van der Waals surface area (Å²) in [5.74, 6) is 0.819. The maximum absolute atomic E-state index is 12.3. The topological polar surface area (TPSA) is 50.2 Å². The van der Waals surface area contributed by atoms with Gasteiger partial charge >= 0.3 is 0 Å². The van der Waals surface area contributed by atoms with Gasteiger partial charge in [0.25, 0.3) is 5.91 Å². The highest BCUT2D eigenvalue weighted by atomic mass is 79.9. The van der Waals surface area contributed by atoms with Crippen LogP contribution in [-0.4, -0.2) is 46.8 Å². The number of carbonyl (C=O) groups is 1. The van der Waals surface area contributed by atoms with Gasteiger partial charge in [0.1, 0.15) is 0 Å². The van der Waals surface area contributed by atoms with Crippen LogP contribution in [0.5, 0.6) is 0 Å². The molecule has 0 radical (unpaired) electrons. The fourth-order valence-corrected chi connectivity index (χ4v) is 3.75. The van der Waals surface area contributed by atoms with E-state index in [-0.39, 0.29) is 5.91 Å². The standard InChI is InChI=1S/C20H27BrN4O/c1-16-5-4-12-24(14-16)11-3-2-10-22-20(26)17-6-8-19(9-7-17)25-15-18(21)13-23-25/h6-9,13,15-16H,2-5,10-12,14H2,1H3,(H,22,26). The number of piperidine rings is 1. The first kappa shape index (κ1) is 19.1. The van der Waals surface area contributed by atoms with E-state index in [9.17, 15) is 4.79 Å². The monoisotopic (exact) mass is 418 g/mol. The van der Waals surface area contributed by atoms with E-state index in [1.165, 1.54) is 25.9 Å². The Morgan fingerprint density at radius 2 is 2.12 bits per heavy atom. The molecule has 1 aromatic heterocycles. The SMILES string of the molecule is CC1CCCN(CCCCNC(=O)c2ccc(-n3cc(Br)cn3)cc2)C1. The summed E-state index contributed by atoms with van der Waals surface area (Å²) in [6.45, 7) is 6.68. The van der Waals surface area contributed by atoms with Crippen molar-refractivity contribution < 1.29 is 4.79 Å². The zero-order chi connectivity index (χ0) is 18.4. The predicted molar refractivity (Wildman–Crippen MR) is 108 cm³/mol. The Morgan fingerprint density at radius 3 is 2.81 bits per heavy atom. The molecule has 1 atom stereocenters. The van der Waals surface area contributed by atoms with E-state index in [2.05, 4.69) is 38.2 Å². The Kier molecular flexibility index (Phi) is 6.86. The Hall–Kier alpha value is -1.66. The van der Waals surface area contributed by atoms with Gasteiger partial charge in [0, 0.05) is 24.8 Å². The van der Waals surface area contributed by atoms with Gasteiger partial charge in [0.2, 0.25) is 0 Å². The van der Waals surface area contributed by atoms with Gasteiger partial charge in [-0.1, -0.05) is 6.92 Å². The van der Waals surface area contributed by atoms with Gasteiger partial charge in [0.05, 0.1) is 16.4 Å². The summed E-state index contributed by atoms with van der Waals surface area (Å²) in [5, 5.41) is 7.26. The largest absolute Gasteiger partial charge is 0.352 e. The number of hydrogen-bond acceptors (Lipinski definition) is 3. The lowest BCUT2D eigenvalue weighted by atomic mass is 10.0. The number of rotatable bonds is 7. The molecule has 0 bridgehead atoms. The summed E-state index contributed by atoms with van der Waals surface area (Å²) in [6.07, 6.45) is 8.48. The van der Waals surface area contributed by atoms with Gasteiger partial charge in [-0.25, -0.2) is 4.68 Å². The van der Waals surface area contributed by atoms with Crippen LogP contribution in [0, 0.1) is 5.92 Å². The molecule has 1 fully saturated rings.